The molecule has 0 aromatic heterocycles. The van der Waals surface area contributed by atoms with Gasteiger partial charge in [0.25, 0.3) is 0 Å². The van der Waals surface area contributed by atoms with Crippen LogP contribution in [0.15, 0.2) is 48.5 Å². The van der Waals surface area contributed by atoms with Gasteiger partial charge in [0.2, 0.25) is 5.91 Å². The van der Waals surface area contributed by atoms with Crippen molar-refractivity contribution in [3.63, 3.8) is 0 Å². The van der Waals surface area contributed by atoms with Crippen molar-refractivity contribution in [1.29, 1.82) is 0 Å². The molecule has 7 heteroatoms. The minimum atomic E-state index is -0.958. The van der Waals surface area contributed by atoms with E-state index >= 15 is 0 Å². The Morgan fingerprint density at radius 2 is 1.74 bits per heavy atom. The first-order valence-electron chi connectivity index (χ1n) is 12.0. The van der Waals surface area contributed by atoms with Gasteiger partial charge in [0, 0.05) is 30.8 Å². The Hall–Kier alpha value is -3.79. The third kappa shape index (κ3) is 4.03. The quantitative estimate of drug-likeness (QED) is 0.626. The Morgan fingerprint density at radius 1 is 1.11 bits per heavy atom. The zero-order valence-corrected chi connectivity index (χ0v) is 19.4. The van der Waals surface area contributed by atoms with Crippen molar-refractivity contribution in [2.24, 2.45) is 11.3 Å². The number of carbonyl (C=O) groups excluding carboxylic acids is 2. The third-order valence-corrected chi connectivity index (χ3v) is 7.86. The van der Waals surface area contributed by atoms with Gasteiger partial charge in [0.05, 0.1) is 5.92 Å². The Bertz CT molecular complexity index is 1170. The van der Waals surface area contributed by atoms with Crippen LogP contribution in [0.1, 0.15) is 42.7 Å². The van der Waals surface area contributed by atoms with Gasteiger partial charge in [-0.25, -0.2) is 4.79 Å². The SMILES string of the molecule is C#CCC(NC(=O)OCC1c2ccccc2-c2ccccc21)C(=O)N1CC(C(=O)O)C2(CCC2)C1. The fraction of sp³-hybridized carbons (Fsp3) is 0.393. The Kier molecular flexibility index (Phi) is 5.98. The molecule has 5 rings (SSSR count). The molecule has 1 spiro atoms. The summed E-state index contributed by atoms with van der Waals surface area (Å²) in [5.74, 6) is 0.541. The van der Waals surface area contributed by atoms with Crippen LogP contribution in [0.2, 0.25) is 0 Å². The molecule has 3 aliphatic rings. The van der Waals surface area contributed by atoms with Crippen molar-refractivity contribution in [2.45, 2.75) is 37.6 Å². The molecule has 1 saturated heterocycles. The highest BCUT2D eigenvalue weighted by molar-refractivity contribution is 5.87. The van der Waals surface area contributed by atoms with E-state index in [1.54, 1.807) is 4.90 Å². The number of carbonyl (C=O) groups is 3. The molecule has 2 aromatic carbocycles. The highest BCUT2D eigenvalue weighted by Gasteiger charge is 2.55. The summed E-state index contributed by atoms with van der Waals surface area (Å²) in [7, 11) is 0. The van der Waals surface area contributed by atoms with E-state index in [2.05, 4.69) is 23.4 Å². The molecule has 2 aliphatic carbocycles. The standard InChI is InChI=1S/C28H28N2O5/c1-2-8-24(25(31)30-15-23(26(32)33)28(17-30)13-7-14-28)29-27(34)35-16-22-20-11-5-3-9-18(20)19-10-4-6-12-21(19)22/h1,3-6,9-12,22-24H,7-8,13-17H2,(H,29,34)(H,32,33). The van der Waals surface area contributed by atoms with Crippen LogP contribution in [0.25, 0.3) is 11.1 Å². The number of benzene rings is 2. The lowest BCUT2D eigenvalue weighted by Gasteiger charge is -2.41. The third-order valence-electron chi connectivity index (χ3n) is 7.86. The molecule has 7 nitrogen and oxygen atoms in total. The van der Waals surface area contributed by atoms with Crippen molar-refractivity contribution in [3.05, 3.63) is 59.7 Å². The molecule has 1 aliphatic heterocycles. The van der Waals surface area contributed by atoms with Crippen LogP contribution in [0.3, 0.4) is 0 Å². The van der Waals surface area contributed by atoms with Crippen molar-refractivity contribution in [2.75, 3.05) is 19.7 Å². The minimum absolute atomic E-state index is 0.00423. The van der Waals surface area contributed by atoms with Gasteiger partial charge in [0.1, 0.15) is 12.6 Å². The number of rotatable bonds is 6. The predicted molar refractivity (Wildman–Crippen MR) is 129 cm³/mol. The summed E-state index contributed by atoms with van der Waals surface area (Å²) >= 11 is 0. The average Bonchev–Trinajstić information content (AvgIpc) is 3.40. The molecule has 2 unspecified atom stereocenters. The molecule has 0 bridgehead atoms. The summed E-state index contributed by atoms with van der Waals surface area (Å²) in [6, 6.07) is 15.1. The maximum Gasteiger partial charge on any atom is 0.407 e. The monoisotopic (exact) mass is 472 g/mol. The van der Waals surface area contributed by atoms with E-state index in [0.29, 0.717) is 6.54 Å². The summed E-state index contributed by atoms with van der Waals surface area (Å²) in [6.45, 7) is 0.655. The lowest BCUT2D eigenvalue weighted by molar-refractivity contribution is -0.146. The summed E-state index contributed by atoms with van der Waals surface area (Å²) in [6.07, 6.45) is 7.34. The first-order chi connectivity index (χ1) is 16.9. The lowest BCUT2D eigenvalue weighted by Crippen LogP contribution is -2.49. The van der Waals surface area contributed by atoms with Crippen LogP contribution in [-0.2, 0) is 14.3 Å². The van der Waals surface area contributed by atoms with Crippen molar-refractivity contribution < 1.29 is 24.2 Å². The molecule has 0 radical (unpaired) electrons. The minimum Gasteiger partial charge on any atom is -0.481 e. The van der Waals surface area contributed by atoms with Gasteiger partial charge in [-0.3, -0.25) is 9.59 Å². The molecule has 2 N–H and O–H groups in total. The average molecular weight is 473 g/mol. The molecule has 1 saturated carbocycles. The van der Waals surface area contributed by atoms with Gasteiger partial charge in [0.15, 0.2) is 0 Å². The number of aliphatic carboxylic acids is 1. The van der Waals surface area contributed by atoms with Crippen molar-refractivity contribution in [1.82, 2.24) is 10.2 Å². The lowest BCUT2D eigenvalue weighted by atomic mass is 9.63. The number of amides is 2. The highest BCUT2D eigenvalue weighted by atomic mass is 16.5. The molecule has 1 heterocycles. The van der Waals surface area contributed by atoms with Gasteiger partial charge in [-0.1, -0.05) is 55.0 Å². The van der Waals surface area contributed by atoms with Crippen LogP contribution in [0.4, 0.5) is 4.79 Å². The van der Waals surface area contributed by atoms with Crippen LogP contribution in [-0.4, -0.2) is 53.7 Å². The fourth-order valence-corrected chi connectivity index (χ4v) is 5.93. The van der Waals surface area contributed by atoms with Gasteiger partial charge in [-0.15, -0.1) is 12.3 Å². The Balaban J connectivity index is 1.24. The van der Waals surface area contributed by atoms with Crippen LogP contribution < -0.4 is 5.32 Å². The van der Waals surface area contributed by atoms with E-state index in [1.165, 1.54) is 0 Å². The van der Waals surface area contributed by atoms with E-state index in [4.69, 9.17) is 11.2 Å². The van der Waals surface area contributed by atoms with Crippen LogP contribution >= 0.6 is 0 Å². The highest BCUT2D eigenvalue weighted by Crippen LogP contribution is 2.52. The van der Waals surface area contributed by atoms with Crippen molar-refractivity contribution in [3.8, 4) is 23.5 Å². The Morgan fingerprint density at radius 3 is 2.26 bits per heavy atom. The number of alkyl carbamates (subject to hydrolysis) is 1. The van der Waals surface area contributed by atoms with E-state index in [0.717, 1.165) is 41.5 Å². The predicted octanol–water partition coefficient (Wildman–Crippen LogP) is 3.63. The van der Waals surface area contributed by atoms with E-state index < -0.39 is 24.0 Å². The molecule has 180 valence electrons. The second-order valence-electron chi connectivity index (χ2n) is 9.76. The van der Waals surface area contributed by atoms with Crippen molar-refractivity contribution >= 4 is 18.0 Å². The fourth-order valence-electron chi connectivity index (χ4n) is 5.93. The van der Waals surface area contributed by atoms with Gasteiger partial charge >= 0.3 is 12.1 Å². The van der Waals surface area contributed by atoms with E-state index in [-0.39, 0.29) is 36.8 Å². The van der Waals surface area contributed by atoms with Crippen LogP contribution in [0, 0.1) is 23.7 Å². The second-order valence-corrected chi connectivity index (χ2v) is 9.76. The number of carboxylic acids is 1. The number of likely N-dealkylation sites (tertiary alicyclic amines) is 1. The number of terminal acetylenes is 1. The van der Waals surface area contributed by atoms with E-state index in [9.17, 15) is 19.5 Å². The molecule has 2 amide bonds. The molecule has 2 aromatic rings. The second kappa shape index (κ2) is 9.10. The Labute approximate surface area is 204 Å². The zero-order chi connectivity index (χ0) is 24.6. The topological polar surface area (TPSA) is 95.9 Å². The normalized spacial score (nSPS) is 20.3. The number of hydrogen-bond donors (Lipinski definition) is 2. The summed E-state index contributed by atoms with van der Waals surface area (Å²) in [5.41, 5.74) is 4.10. The van der Waals surface area contributed by atoms with Gasteiger partial charge in [-0.05, 0) is 35.1 Å². The largest absolute Gasteiger partial charge is 0.481 e. The number of ether oxygens (including phenoxy) is 1. The van der Waals surface area contributed by atoms with Gasteiger partial charge in [-0.2, -0.15) is 0 Å². The molecular weight excluding hydrogens is 444 g/mol. The number of nitrogens with zero attached hydrogens (tertiary/aromatic N) is 1. The zero-order valence-electron chi connectivity index (χ0n) is 19.4. The van der Waals surface area contributed by atoms with E-state index in [1.807, 2.05) is 36.4 Å². The summed E-state index contributed by atoms with van der Waals surface area (Å²) < 4.78 is 5.58. The maximum atomic E-state index is 13.2. The number of fused-ring (bicyclic) bond motifs is 3. The first kappa shape index (κ1) is 23.0. The molecule has 2 fully saturated rings. The smallest absolute Gasteiger partial charge is 0.407 e. The number of nitrogens with one attached hydrogen (secondary N) is 1. The molecular formula is C28H28N2O5. The van der Waals surface area contributed by atoms with Crippen LogP contribution in [0.5, 0.6) is 0 Å². The first-order valence-corrected chi connectivity index (χ1v) is 12.0. The summed E-state index contributed by atoms with van der Waals surface area (Å²) in [4.78, 5) is 39.3. The van der Waals surface area contributed by atoms with Gasteiger partial charge < -0.3 is 20.1 Å². The maximum absolute atomic E-state index is 13.2. The number of hydrogen-bond acceptors (Lipinski definition) is 4. The number of carboxylic acid groups (broad SMARTS) is 1. The molecule has 2 atom stereocenters. The summed E-state index contributed by atoms with van der Waals surface area (Å²) in [5, 5.41) is 12.3. The molecule has 35 heavy (non-hydrogen) atoms.